The number of nitrogen functional groups attached to an aromatic ring is 1. The molecule has 3 N–H and O–H groups in total. The van der Waals surface area contributed by atoms with Crippen molar-refractivity contribution < 1.29 is 9.90 Å². The summed E-state index contributed by atoms with van der Waals surface area (Å²) >= 11 is 0. The summed E-state index contributed by atoms with van der Waals surface area (Å²) in [5.41, 5.74) is 5.55. The molecule has 0 aliphatic carbocycles. The van der Waals surface area contributed by atoms with Crippen molar-refractivity contribution in [3.63, 3.8) is 0 Å². The van der Waals surface area contributed by atoms with Crippen molar-refractivity contribution in [2.24, 2.45) is 7.05 Å². The monoisotopic (exact) mass is 245 g/mol. The number of carboxylic acid groups (broad SMARTS) is 1. The van der Waals surface area contributed by atoms with Crippen molar-refractivity contribution in [2.75, 3.05) is 5.73 Å². The normalized spacial score (nSPS) is 10.3. The number of rotatable bonds is 2. The molecule has 92 valence electrons. The predicted octanol–water partition coefficient (Wildman–Crippen LogP) is 0.728. The minimum absolute atomic E-state index is 0.198. The SMILES string of the molecule is Cn1c(N)cc(-c2cccnc2)c(C(=O)O)c1=O. The highest BCUT2D eigenvalue weighted by atomic mass is 16.4. The molecule has 6 heteroatoms. The smallest absolute Gasteiger partial charge is 0.341 e. The lowest BCUT2D eigenvalue weighted by molar-refractivity contribution is 0.0695. The van der Waals surface area contributed by atoms with Crippen LogP contribution in [0.1, 0.15) is 10.4 Å². The number of hydrogen-bond acceptors (Lipinski definition) is 4. The molecule has 2 heterocycles. The minimum atomic E-state index is -1.28. The fourth-order valence-electron chi connectivity index (χ4n) is 1.67. The van der Waals surface area contributed by atoms with E-state index in [1.54, 1.807) is 18.3 Å². The molecule has 0 bridgehead atoms. The van der Waals surface area contributed by atoms with Gasteiger partial charge in [0.05, 0.1) is 0 Å². The number of hydrogen-bond donors (Lipinski definition) is 2. The Hall–Kier alpha value is -2.63. The lowest BCUT2D eigenvalue weighted by Crippen LogP contribution is -2.27. The highest BCUT2D eigenvalue weighted by Crippen LogP contribution is 2.22. The Kier molecular flexibility index (Phi) is 2.85. The van der Waals surface area contributed by atoms with Gasteiger partial charge < -0.3 is 10.8 Å². The van der Waals surface area contributed by atoms with Gasteiger partial charge in [0.2, 0.25) is 0 Å². The first-order valence-electron chi connectivity index (χ1n) is 5.15. The van der Waals surface area contributed by atoms with E-state index in [0.29, 0.717) is 5.56 Å². The first-order valence-corrected chi connectivity index (χ1v) is 5.15. The number of nitrogens with two attached hydrogens (primary N) is 1. The van der Waals surface area contributed by atoms with Crippen LogP contribution in [0.4, 0.5) is 5.82 Å². The van der Waals surface area contributed by atoms with Crippen LogP contribution in [0.3, 0.4) is 0 Å². The first kappa shape index (κ1) is 11.8. The third-order valence-corrected chi connectivity index (χ3v) is 2.65. The van der Waals surface area contributed by atoms with Gasteiger partial charge in [-0.05, 0) is 12.1 Å². The third-order valence-electron chi connectivity index (χ3n) is 2.65. The third kappa shape index (κ3) is 1.84. The highest BCUT2D eigenvalue weighted by molar-refractivity contribution is 5.96. The van der Waals surface area contributed by atoms with E-state index in [-0.39, 0.29) is 16.9 Å². The summed E-state index contributed by atoms with van der Waals surface area (Å²) in [6.45, 7) is 0. The van der Waals surface area contributed by atoms with Crippen molar-refractivity contribution in [1.82, 2.24) is 9.55 Å². The Morgan fingerprint density at radius 1 is 1.50 bits per heavy atom. The van der Waals surface area contributed by atoms with Gasteiger partial charge >= 0.3 is 5.97 Å². The van der Waals surface area contributed by atoms with Gasteiger partial charge in [-0.3, -0.25) is 14.3 Å². The van der Waals surface area contributed by atoms with Crippen LogP contribution in [-0.2, 0) is 7.05 Å². The van der Waals surface area contributed by atoms with Crippen LogP contribution < -0.4 is 11.3 Å². The van der Waals surface area contributed by atoms with Crippen LogP contribution in [0.5, 0.6) is 0 Å². The molecule has 0 spiro atoms. The summed E-state index contributed by atoms with van der Waals surface area (Å²) in [5, 5.41) is 9.15. The summed E-state index contributed by atoms with van der Waals surface area (Å²) in [4.78, 5) is 27.0. The van der Waals surface area contributed by atoms with E-state index in [4.69, 9.17) is 10.8 Å². The second-order valence-corrected chi connectivity index (χ2v) is 3.77. The van der Waals surface area contributed by atoms with E-state index in [1.165, 1.54) is 19.3 Å². The number of nitrogens with zero attached hydrogens (tertiary/aromatic N) is 2. The Balaban J connectivity index is 2.83. The average Bonchev–Trinajstić information content (AvgIpc) is 2.36. The molecule has 0 aliphatic heterocycles. The molecule has 0 atom stereocenters. The zero-order valence-corrected chi connectivity index (χ0v) is 9.62. The summed E-state index contributed by atoms with van der Waals surface area (Å²) in [5.74, 6) is -1.08. The zero-order chi connectivity index (χ0) is 13.3. The number of carboxylic acids is 1. The molecule has 0 aliphatic rings. The van der Waals surface area contributed by atoms with Crippen molar-refractivity contribution in [3.05, 3.63) is 46.5 Å². The van der Waals surface area contributed by atoms with Gasteiger partial charge in [-0.25, -0.2) is 4.79 Å². The van der Waals surface area contributed by atoms with Crippen molar-refractivity contribution in [1.29, 1.82) is 0 Å². The van der Waals surface area contributed by atoms with Crippen LogP contribution in [0.15, 0.2) is 35.4 Å². The Bertz CT molecular complexity index is 662. The lowest BCUT2D eigenvalue weighted by atomic mass is 10.0. The van der Waals surface area contributed by atoms with Gasteiger partial charge in [0, 0.05) is 30.6 Å². The van der Waals surface area contributed by atoms with E-state index < -0.39 is 11.5 Å². The van der Waals surface area contributed by atoms with Crippen molar-refractivity contribution in [3.8, 4) is 11.1 Å². The number of pyridine rings is 2. The molecule has 0 saturated heterocycles. The Morgan fingerprint density at radius 2 is 2.22 bits per heavy atom. The molecule has 2 aromatic heterocycles. The Morgan fingerprint density at radius 3 is 2.78 bits per heavy atom. The molecule has 0 radical (unpaired) electrons. The maximum absolute atomic E-state index is 11.9. The van der Waals surface area contributed by atoms with E-state index >= 15 is 0 Å². The molecule has 6 nitrogen and oxygen atoms in total. The number of aromatic nitrogens is 2. The van der Waals surface area contributed by atoms with E-state index in [9.17, 15) is 9.59 Å². The summed E-state index contributed by atoms with van der Waals surface area (Å²) < 4.78 is 1.10. The summed E-state index contributed by atoms with van der Waals surface area (Å²) in [6, 6.07) is 4.80. The van der Waals surface area contributed by atoms with Gasteiger partial charge in [-0.2, -0.15) is 0 Å². The molecule has 0 fully saturated rings. The van der Waals surface area contributed by atoms with Crippen molar-refractivity contribution >= 4 is 11.8 Å². The average molecular weight is 245 g/mol. The quantitative estimate of drug-likeness (QED) is 0.812. The minimum Gasteiger partial charge on any atom is -0.477 e. The molecule has 2 rings (SSSR count). The fraction of sp³-hybridized carbons (Fsp3) is 0.0833. The summed E-state index contributed by atoms with van der Waals surface area (Å²) in [6.07, 6.45) is 3.05. The number of carbonyl (C=O) groups is 1. The van der Waals surface area contributed by atoms with E-state index in [0.717, 1.165) is 4.57 Å². The maximum Gasteiger partial charge on any atom is 0.341 e. The lowest BCUT2D eigenvalue weighted by Gasteiger charge is -2.10. The molecule has 18 heavy (non-hydrogen) atoms. The highest BCUT2D eigenvalue weighted by Gasteiger charge is 2.19. The fourth-order valence-corrected chi connectivity index (χ4v) is 1.67. The molecule has 2 aromatic rings. The van der Waals surface area contributed by atoms with Gasteiger partial charge in [-0.1, -0.05) is 6.07 Å². The molecular weight excluding hydrogens is 234 g/mol. The standard InChI is InChI=1S/C12H11N3O3/c1-15-9(13)5-8(7-3-2-4-14-6-7)10(11(15)16)12(17)18/h2-6H,13H2,1H3,(H,17,18). The largest absolute Gasteiger partial charge is 0.477 e. The van der Waals surface area contributed by atoms with Crippen molar-refractivity contribution in [2.45, 2.75) is 0 Å². The number of anilines is 1. The topological polar surface area (TPSA) is 98.2 Å². The number of aromatic carboxylic acids is 1. The van der Waals surface area contributed by atoms with Crippen LogP contribution in [0.2, 0.25) is 0 Å². The molecule has 0 amide bonds. The second kappa shape index (κ2) is 4.33. The Labute approximate surface area is 102 Å². The van der Waals surface area contributed by atoms with Crippen LogP contribution in [-0.4, -0.2) is 20.6 Å². The van der Waals surface area contributed by atoms with Crippen LogP contribution in [0, 0.1) is 0 Å². The predicted molar refractivity (Wildman–Crippen MR) is 66.3 cm³/mol. The molecular formula is C12H11N3O3. The molecule has 0 saturated carbocycles. The van der Waals surface area contributed by atoms with E-state index in [2.05, 4.69) is 4.98 Å². The van der Waals surface area contributed by atoms with Gasteiger partial charge in [0.1, 0.15) is 11.4 Å². The molecule has 0 aromatic carbocycles. The van der Waals surface area contributed by atoms with Gasteiger partial charge in [-0.15, -0.1) is 0 Å². The van der Waals surface area contributed by atoms with E-state index in [1.807, 2.05) is 0 Å². The second-order valence-electron chi connectivity index (χ2n) is 3.77. The van der Waals surface area contributed by atoms with Gasteiger partial charge in [0.15, 0.2) is 0 Å². The summed E-state index contributed by atoms with van der Waals surface area (Å²) in [7, 11) is 1.43. The first-order chi connectivity index (χ1) is 8.52. The zero-order valence-electron chi connectivity index (χ0n) is 9.62. The van der Waals surface area contributed by atoms with Gasteiger partial charge in [0.25, 0.3) is 5.56 Å². The van der Waals surface area contributed by atoms with Crippen LogP contribution in [0.25, 0.3) is 11.1 Å². The van der Waals surface area contributed by atoms with Crippen LogP contribution >= 0.6 is 0 Å². The molecule has 0 unspecified atom stereocenters. The maximum atomic E-state index is 11.9.